The van der Waals surface area contributed by atoms with Crippen molar-refractivity contribution >= 4 is 17.3 Å². The third kappa shape index (κ3) is 5.08. The van der Waals surface area contributed by atoms with Crippen LogP contribution in [0.15, 0.2) is 54.6 Å². The number of aliphatic hydroxyl groups is 3. The maximum Gasteiger partial charge on any atom is 0.303 e. The van der Waals surface area contributed by atoms with Crippen LogP contribution in [0.1, 0.15) is 28.5 Å². The van der Waals surface area contributed by atoms with E-state index in [1.807, 2.05) is 31.2 Å². The number of ether oxygens (including phenoxy) is 3. The van der Waals surface area contributed by atoms with Crippen LogP contribution in [0.4, 0.5) is 4.39 Å². The molecule has 0 aliphatic carbocycles. The summed E-state index contributed by atoms with van der Waals surface area (Å²) in [4.78, 5) is 13.6. The molecule has 1 aromatic heterocycles. The summed E-state index contributed by atoms with van der Waals surface area (Å²) in [6.07, 6.45) is -4.94. The molecule has 2 aromatic carbocycles. The number of carbonyl (C=O) groups is 1. The predicted molar refractivity (Wildman–Crippen MR) is 132 cm³/mol. The second-order valence-corrected chi connectivity index (χ2v) is 9.98. The van der Waals surface area contributed by atoms with E-state index in [0.29, 0.717) is 12.0 Å². The van der Waals surface area contributed by atoms with Crippen molar-refractivity contribution in [2.75, 3.05) is 13.7 Å². The minimum absolute atomic E-state index is 0.283. The van der Waals surface area contributed by atoms with Crippen molar-refractivity contribution in [3.05, 3.63) is 82.0 Å². The predicted octanol–water partition coefficient (Wildman–Crippen LogP) is 3.30. The molecule has 7 nitrogen and oxygen atoms in total. The van der Waals surface area contributed by atoms with Crippen molar-refractivity contribution in [3.63, 3.8) is 0 Å². The number of halogens is 1. The van der Waals surface area contributed by atoms with Crippen LogP contribution in [0.2, 0.25) is 0 Å². The first-order valence-corrected chi connectivity index (χ1v) is 12.3. The zero-order chi connectivity index (χ0) is 26.0. The van der Waals surface area contributed by atoms with Crippen molar-refractivity contribution in [1.82, 2.24) is 0 Å². The van der Waals surface area contributed by atoms with Gasteiger partial charge >= 0.3 is 5.97 Å². The van der Waals surface area contributed by atoms with Gasteiger partial charge in [-0.15, -0.1) is 11.3 Å². The second-order valence-electron chi connectivity index (χ2n) is 8.81. The Kier molecular flexibility index (Phi) is 7.89. The summed E-state index contributed by atoms with van der Waals surface area (Å²) in [5.41, 5.74) is 3.34. The van der Waals surface area contributed by atoms with E-state index in [2.05, 4.69) is 0 Å². The van der Waals surface area contributed by atoms with Gasteiger partial charge in [0.15, 0.2) is 6.10 Å². The highest BCUT2D eigenvalue weighted by molar-refractivity contribution is 7.15. The van der Waals surface area contributed by atoms with Gasteiger partial charge in [-0.1, -0.05) is 24.3 Å². The molecular weight excluding hydrogens is 487 g/mol. The normalized spacial score (nSPS) is 26.1. The molecule has 9 heteroatoms. The van der Waals surface area contributed by atoms with Gasteiger partial charge in [-0.05, 0) is 53.9 Å². The van der Waals surface area contributed by atoms with E-state index in [0.717, 1.165) is 26.4 Å². The van der Waals surface area contributed by atoms with Gasteiger partial charge in [0.05, 0.1) is 6.61 Å². The van der Waals surface area contributed by atoms with Crippen LogP contribution in [0.5, 0.6) is 0 Å². The summed E-state index contributed by atoms with van der Waals surface area (Å²) >= 11 is 1.60. The summed E-state index contributed by atoms with van der Waals surface area (Å²) in [5, 5.41) is 31.7. The maximum absolute atomic E-state index is 13.3. The van der Waals surface area contributed by atoms with Gasteiger partial charge in [-0.3, -0.25) is 4.79 Å². The van der Waals surface area contributed by atoms with E-state index in [9.17, 15) is 24.5 Å². The van der Waals surface area contributed by atoms with Crippen LogP contribution in [0.3, 0.4) is 0 Å². The lowest BCUT2D eigenvalue weighted by Gasteiger charge is -2.48. The molecule has 3 aromatic rings. The molecule has 0 spiro atoms. The Morgan fingerprint density at radius 1 is 1.14 bits per heavy atom. The van der Waals surface area contributed by atoms with E-state index in [1.165, 1.54) is 26.2 Å². The van der Waals surface area contributed by atoms with E-state index in [4.69, 9.17) is 14.2 Å². The minimum atomic E-state index is -1.79. The first-order valence-electron chi connectivity index (χ1n) is 11.5. The van der Waals surface area contributed by atoms with Gasteiger partial charge in [0, 0.05) is 35.8 Å². The van der Waals surface area contributed by atoms with E-state index < -0.39 is 42.8 Å². The molecule has 1 unspecified atom stereocenters. The first-order chi connectivity index (χ1) is 17.2. The van der Waals surface area contributed by atoms with Gasteiger partial charge in [0.2, 0.25) is 5.79 Å². The standard InChI is InChI=1S/C27H29FO7S/c1-15-4-7-19(27(33-3)26(32)24(31)25(34-16(2)30)22(14-29)35-27)12-18(15)13-21-10-11-23(36-21)17-5-8-20(28)9-6-17/h4-12,22,24-26,29,31-32H,13-14H2,1-3H3/t22-,24+,25-,26?,27-/m1/s1. The molecule has 36 heavy (non-hydrogen) atoms. The number of methoxy groups -OCH3 is 1. The Hall–Kier alpha value is -2.66. The van der Waals surface area contributed by atoms with Crippen LogP contribution in [-0.2, 0) is 31.2 Å². The summed E-state index contributed by atoms with van der Waals surface area (Å²) in [6, 6.07) is 15.8. The van der Waals surface area contributed by atoms with Crippen LogP contribution in [-0.4, -0.2) is 59.4 Å². The molecule has 5 atom stereocenters. The largest absolute Gasteiger partial charge is 0.457 e. The smallest absolute Gasteiger partial charge is 0.303 e. The number of aliphatic hydroxyl groups excluding tert-OH is 3. The highest BCUT2D eigenvalue weighted by Gasteiger charge is 2.56. The number of thiophene rings is 1. The highest BCUT2D eigenvalue weighted by atomic mass is 32.1. The van der Waals surface area contributed by atoms with Crippen molar-refractivity contribution in [1.29, 1.82) is 0 Å². The van der Waals surface area contributed by atoms with Crippen molar-refractivity contribution in [3.8, 4) is 10.4 Å². The van der Waals surface area contributed by atoms with Gasteiger partial charge in [-0.25, -0.2) is 4.39 Å². The molecule has 1 aliphatic rings. The van der Waals surface area contributed by atoms with Crippen LogP contribution in [0.25, 0.3) is 10.4 Å². The molecular formula is C27H29FO7S. The molecule has 0 amide bonds. The Morgan fingerprint density at radius 3 is 2.50 bits per heavy atom. The number of esters is 1. The van der Waals surface area contributed by atoms with E-state index in [-0.39, 0.29) is 5.82 Å². The third-order valence-electron chi connectivity index (χ3n) is 6.43. The SMILES string of the molecule is CO[C@]1(c2ccc(C)c(Cc3ccc(-c4ccc(F)cc4)s3)c2)O[C@H](CO)[C@@H](OC(C)=O)[C@H](O)C1O. The number of carbonyl (C=O) groups excluding carboxylic acids is 1. The molecule has 192 valence electrons. The first kappa shape index (κ1) is 26.4. The van der Waals surface area contributed by atoms with Gasteiger partial charge in [0.1, 0.15) is 24.1 Å². The highest BCUT2D eigenvalue weighted by Crippen LogP contribution is 2.41. The Bertz CT molecular complexity index is 1210. The number of hydrogen-bond acceptors (Lipinski definition) is 8. The summed E-state index contributed by atoms with van der Waals surface area (Å²) in [7, 11) is 1.34. The van der Waals surface area contributed by atoms with Crippen LogP contribution >= 0.6 is 11.3 Å². The fraction of sp³-hybridized carbons (Fsp3) is 0.370. The molecule has 0 radical (unpaired) electrons. The number of aryl methyl sites for hydroxylation is 1. The number of hydrogen-bond donors (Lipinski definition) is 3. The monoisotopic (exact) mass is 516 g/mol. The average molecular weight is 517 g/mol. The molecule has 2 heterocycles. The lowest BCUT2D eigenvalue weighted by Crippen LogP contribution is -2.65. The van der Waals surface area contributed by atoms with Crippen molar-refractivity contribution < 1.29 is 38.7 Å². The third-order valence-corrected chi connectivity index (χ3v) is 7.57. The number of benzene rings is 2. The fourth-order valence-corrected chi connectivity index (χ4v) is 5.53. The van der Waals surface area contributed by atoms with E-state index in [1.54, 1.807) is 29.5 Å². The summed E-state index contributed by atoms with van der Waals surface area (Å²) < 4.78 is 30.0. The molecule has 4 rings (SSSR count). The lowest BCUT2D eigenvalue weighted by molar-refractivity contribution is -0.366. The number of rotatable bonds is 7. The van der Waals surface area contributed by atoms with Gasteiger partial charge in [-0.2, -0.15) is 0 Å². The van der Waals surface area contributed by atoms with Crippen molar-refractivity contribution in [2.45, 2.75) is 50.5 Å². The Balaban J connectivity index is 1.64. The lowest BCUT2D eigenvalue weighted by atomic mass is 9.86. The maximum atomic E-state index is 13.3. The minimum Gasteiger partial charge on any atom is -0.457 e. The molecule has 3 N–H and O–H groups in total. The molecule has 1 fully saturated rings. The second kappa shape index (κ2) is 10.8. The fourth-order valence-electron chi connectivity index (χ4n) is 4.50. The van der Waals surface area contributed by atoms with Gasteiger partial charge in [0.25, 0.3) is 0 Å². The zero-order valence-electron chi connectivity index (χ0n) is 20.2. The molecule has 1 aliphatic heterocycles. The molecule has 0 bridgehead atoms. The summed E-state index contributed by atoms with van der Waals surface area (Å²) in [5.74, 6) is -2.75. The topological polar surface area (TPSA) is 105 Å². The summed E-state index contributed by atoms with van der Waals surface area (Å²) in [6.45, 7) is 2.57. The van der Waals surface area contributed by atoms with Gasteiger partial charge < -0.3 is 29.5 Å². The van der Waals surface area contributed by atoms with E-state index >= 15 is 0 Å². The van der Waals surface area contributed by atoms with Crippen molar-refractivity contribution in [2.24, 2.45) is 0 Å². The zero-order valence-corrected chi connectivity index (χ0v) is 21.0. The Morgan fingerprint density at radius 2 is 1.86 bits per heavy atom. The Labute approximate surface area is 212 Å². The average Bonchev–Trinajstić information content (AvgIpc) is 3.33. The van der Waals surface area contributed by atoms with Crippen LogP contribution < -0.4 is 0 Å². The van der Waals surface area contributed by atoms with Crippen LogP contribution in [0, 0.1) is 12.7 Å². The quantitative estimate of drug-likeness (QED) is 0.414. The molecule has 0 saturated carbocycles. The molecule has 1 saturated heterocycles.